The molecule has 1 amide bonds. The molecule has 1 atom stereocenters. The summed E-state index contributed by atoms with van der Waals surface area (Å²) in [7, 11) is -3.53. The molecule has 174 valence electrons. The van der Waals surface area contributed by atoms with Gasteiger partial charge in [-0.25, -0.2) is 8.42 Å². The van der Waals surface area contributed by atoms with E-state index in [2.05, 4.69) is 19.2 Å². The van der Waals surface area contributed by atoms with Crippen molar-refractivity contribution in [3.63, 3.8) is 0 Å². The van der Waals surface area contributed by atoms with E-state index in [4.69, 9.17) is 11.6 Å². The molecule has 0 saturated heterocycles. The van der Waals surface area contributed by atoms with Gasteiger partial charge >= 0.3 is 0 Å². The SMILES string of the molecule is CC(C)C[C@H](NC(=O)c1ccc(N(Cc2ccc(Cl)cc2)S(C)(=O)=O)cc1)c1ccccc1. The average Bonchev–Trinajstić information content (AvgIpc) is 2.78. The number of anilines is 1. The summed E-state index contributed by atoms with van der Waals surface area (Å²) in [5, 5.41) is 3.71. The van der Waals surface area contributed by atoms with Gasteiger partial charge in [-0.1, -0.05) is 67.9 Å². The van der Waals surface area contributed by atoms with E-state index in [1.54, 1.807) is 48.5 Å². The zero-order valence-electron chi connectivity index (χ0n) is 19.0. The van der Waals surface area contributed by atoms with Gasteiger partial charge in [0.25, 0.3) is 5.91 Å². The molecule has 1 N–H and O–H groups in total. The average molecular weight is 485 g/mol. The van der Waals surface area contributed by atoms with Gasteiger partial charge in [0.1, 0.15) is 0 Å². The molecule has 0 fully saturated rings. The lowest BCUT2D eigenvalue weighted by atomic mass is 9.96. The second-order valence-corrected chi connectivity index (χ2v) is 10.9. The van der Waals surface area contributed by atoms with Crippen LogP contribution in [0.4, 0.5) is 5.69 Å². The maximum atomic E-state index is 13.0. The third-order valence-electron chi connectivity index (χ3n) is 5.27. The molecular formula is C26H29ClN2O3S. The van der Waals surface area contributed by atoms with E-state index >= 15 is 0 Å². The van der Waals surface area contributed by atoms with E-state index in [0.717, 1.165) is 17.5 Å². The van der Waals surface area contributed by atoms with Gasteiger partial charge in [0.2, 0.25) is 10.0 Å². The lowest BCUT2D eigenvalue weighted by Crippen LogP contribution is -2.30. The van der Waals surface area contributed by atoms with Gasteiger partial charge in [-0.05, 0) is 59.9 Å². The largest absolute Gasteiger partial charge is 0.345 e. The third kappa shape index (κ3) is 7.07. The molecule has 3 aromatic rings. The monoisotopic (exact) mass is 484 g/mol. The number of halogens is 1. The summed E-state index contributed by atoms with van der Waals surface area (Å²) in [5.74, 6) is 0.216. The lowest BCUT2D eigenvalue weighted by molar-refractivity contribution is 0.0932. The first-order chi connectivity index (χ1) is 15.6. The summed E-state index contributed by atoms with van der Waals surface area (Å²) < 4.78 is 26.2. The highest BCUT2D eigenvalue weighted by atomic mass is 35.5. The van der Waals surface area contributed by atoms with Crippen molar-refractivity contribution >= 4 is 33.2 Å². The Hall–Kier alpha value is -2.83. The van der Waals surface area contributed by atoms with Crippen molar-refractivity contribution in [2.75, 3.05) is 10.6 Å². The molecule has 0 aliphatic carbocycles. The van der Waals surface area contributed by atoms with Gasteiger partial charge in [0.15, 0.2) is 0 Å². The Bertz CT molecular complexity index is 1160. The molecule has 0 spiro atoms. The maximum Gasteiger partial charge on any atom is 0.251 e. The molecule has 33 heavy (non-hydrogen) atoms. The molecular weight excluding hydrogens is 456 g/mol. The highest BCUT2D eigenvalue weighted by Gasteiger charge is 2.20. The second kappa shape index (κ2) is 10.9. The highest BCUT2D eigenvalue weighted by molar-refractivity contribution is 7.92. The predicted octanol–water partition coefficient (Wildman–Crippen LogP) is 5.82. The Kier molecular flexibility index (Phi) is 8.16. The van der Waals surface area contributed by atoms with Gasteiger partial charge in [-0.2, -0.15) is 0 Å². The maximum absolute atomic E-state index is 13.0. The fourth-order valence-electron chi connectivity index (χ4n) is 3.61. The van der Waals surface area contributed by atoms with Crippen LogP contribution < -0.4 is 9.62 Å². The third-order valence-corrected chi connectivity index (χ3v) is 6.66. The number of sulfonamides is 1. The Labute approximate surface area is 201 Å². The van der Waals surface area contributed by atoms with Gasteiger partial charge in [0, 0.05) is 10.6 Å². The molecule has 0 heterocycles. The van der Waals surface area contributed by atoms with Crippen LogP contribution >= 0.6 is 11.6 Å². The van der Waals surface area contributed by atoms with E-state index in [0.29, 0.717) is 22.2 Å². The van der Waals surface area contributed by atoms with Crippen molar-refractivity contribution in [3.05, 3.63) is 101 Å². The van der Waals surface area contributed by atoms with Crippen LogP contribution in [0.3, 0.4) is 0 Å². The number of rotatable bonds is 9. The van der Waals surface area contributed by atoms with Crippen molar-refractivity contribution in [2.24, 2.45) is 5.92 Å². The number of hydrogen-bond donors (Lipinski definition) is 1. The molecule has 0 saturated carbocycles. The zero-order chi connectivity index (χ0) is 24.0. The predicted molar refractivity (Wildman–Crippen MR) is 135 cm³/mol. The van der Waals surface area contributed by atoms with E-state index in [1.165, 1.54) is 10.6 Å². The summed E-state index contributed by atoms with van der Waals surface area (Å²) in [6.45, 7) is 4.42. The number of benzene rings is 3. The van der Waals surface area contributed by atoms with Crippen molar-refractivity contribution in [1.82, 2.24) is 5.32 Å². The normalized spacial score (nSPS) is 12.4. The van der Waals surface area contributed by atoms with Crippen molar-refractivity contribution in [2.45, 2.75) is 32.9 Å². The van der Waals surface area contributed by atoms with Crippen molar-refractivity contribution < 1.29 is 13.2 Å². The summed E-state index contributed by atoms with van der Waals surface area (Å²) in [6.07, 6.45) is 1.98. The molecule has 5 nitrogen and oxygen atoms in total. The van der Waals surface area contributed by atoms with E-state index in [9.17, 15) is 13.2 Å². The first kappa shape index (κ1) is 24.8. The van der Waals surface area contributed by atoms with Crippen LogP contribution in [0.1, 0.15) is 47.8 Å². The summed E-state index contributed by atoms with van der Waals surface area (Å²) in [6, 6.07) is 23.5. The van der Waals surface area contributed by atoms with Crippen LogP contribution in [0.5, 0.6) is 0 Å². The molecule has 3 aromatic carbocycles. The van der Waals surface area contributed by atoms with Crippen LogP contribution in [-0.2, 0) is 16.6 Å². The van der Waals surface area contributed by atoms with Gasteiger partial charge < -0.3 is 5.32 Å². The number of carbonyl (C=O) groups excluding carboxylic acids is 1. The highest BCUT2D eigenvalue weighted by Crippen LogP contribution is 2.24. The Morgan fingerprint density at radius 3 is 2.09 bits per heavy atom. The molecule has 0 aliphatic rings. The smallest absolute Gasteiger partial charge is 0.251 e. The second-order valence-electron chi connectivity index (χ2n) is 8.51. The van der Waals surface area contributed by atoms with Crippen LogP contribution in [0.15, 0.2) is 78.9 Å². The Balaban J connectivity index is 1.79. The standard InChI is InChI=1S/C26H29ClN2O3S/c1-19(2)17-25(21-7-5-4-6-8-21)28-26(30)22-11-15-24(16-12-22)29(33(3,31)32)18-20-9-13-23(27)14-10-20/h4-16,19,25H,17-18H2,1-3H3,(H,28,30)/t25-/m0/s1. The van der Waals surface area contributed by atoms with Crippen LogP contribution in [-0.4, -0.2) is 20.6 Å². The molecule has 0 radical (unpaired) electrons. The minimum atomic E-state index is -3.53. The summed E-state index contributed by atoms with van der Waals surface area (Å²) in [4.78, 5) is 13.0. The topological polar surface area (TPSA) is 66.5 Å². The zero-order valence-corrected chi connectivity index (χ0v) is 20.6. The molecule has 7 heteroatoms. The van der Waals surface area contributed by atoms with Crippen LogP contribution in [0, 0.1) is 5.92 Å². The fourth-order valence-corrected chi connectivity index (χ4v) is 4.63. The lowest BCUT2D eigenvalue weighted by Gasteiger charge is -2.23. The van der Waals surface area contributed by atoms with Crippen molar-refractivity contribution in [1.29, 1.82) is 0 Å². The number of amides is 1. The first-order valence-electron chi connectivity index (χ1n) is 10.8. The number of carbonyl (C=O) groups is 1. The summed E-state index contributed by atoms with van der Waals surface area (Å²) in [5.41, 5.74) is 2.84. The molecule has 0 aliphatic heterocycles. The van der Waals surface area contributed by atoms with E-state index < -0.39 is 10.0 Å². The quantitative estimate of drug-likeness (QED) is 0.416. The number of hydrogen-bond acceptors (Lipinski definition) is 3. The number of nitrogens with one attached hydrogen (secondary N) is 1. The van der Waals surface area contributed by atoms with E-state index in [-0.39, 0.29) is 18.5 Å². The minimum absolute atomic E-state index is 0.101. The molecule has 0 bridgehead atoms. The fraction of sp³-hybridized carbons (Fsp3) is 0.269. The van der Waals surface area contributed by atoms with Gasteiger partial charge in [-0.15, -0.1) is 0 Å². The number of nitrogens with zero attached hydrogens (tertiary/aromatic N) is 1. The van der Waals surface area contributed by atoms with Crippen LogP contribution in [0.25, 0.3) is 0 Å². The van der Waals surface area contributed by atoms with Gasteiger partial charge in [-0.3, -0.25) is 9.10 Å². The Morgan fingerprint density at radius 2 is 1.55 bits per heavy atom. The molecule has 0 unspecified atom stereocenters. The van der Waals surface area contributed by atoms with Crippen molar-refractivity contribution in [3.8, 4) is 0 Å². The molecule has 0 aromatic heterocycles. The molecule has 3 rings (SSSR count). The minimum Gasteiger partial charge on any atom is -0.345 e. The van der Waals surface area contributed by atoms with Gasteiger partial charge in [0.05, 0.1) is 24.5 Å². The van der Waals surface area contributed by atoms with Crippen LogP contribution in [0.2, 0.25) is 5.02 Å². The Morgan fingerprint density at radius 1 is 0.939 bits per heavy atom. The summed E-state index contributed by atoms with van der Waals surface area (Å²) >= 11 is 5.94. The van der Waals surface area contributed by atoms with E-state index in [1.807, 2.05) is 30.3 Å². The first-order valence-corrected chi connectivity index (χ1v) is 13.0.